The summed E-state index contributed by atoms with van der Waals surface area (Å²) < 4.78 is 0. The van der Waals surface area contributed by atoms with Gasteiger partial charge in [-0.05, 0) is 24.3 Å². The summed E-state index contributed by atoms with van der Waals surface area (Å²) in [6.45, 7) is 0.371. The first-order chi connectivity index (χ1) is 9.63. The number of nitrogen functional groups attached to an aromatic ring is 1. The molecular weight excluding hydrogens is 256 g/mol. The van der Waals surface area contributed by atoms with Crippen molar-refractivity contribution in [3.8, 4) is 0 Å². The van der Waals surface area contributed by atoms with Gasteiger partial charge in [-0.2, -0.15) is 5.10 Å². The number of fused-ring (bicyclic) bond motifs is 1. The third-order valence-corrected chi connectivity index (χ3v) is 3.07. The summed E-state index contributed by atoms with van der Waals surface area (Å²) in [6, 6.07) is 7.28. The van der Waals surface area contributed by atoms with Crippen molar-refractivity contribution in [2.75, 3.05) is 12.8 Å². The van der Waals surface area contributed by atoms with Crippen molar-refractivity contribution in [1.82, 2.24) is 25.1 Å². The van der Waals surface area contributed by atoms with E-state index in [9.17, 15) is 4.79 Å². The van der Waals surface area contributed by atoms with Gasteiger partial charge in [-0.15, -0.1) is 0 Å². The van der Waals surface area contributed by atoms with E-state index in [0.717, 1.165) is 10.9 Å². The lowest BCUT2D eigenvalue weighted by Gasteiger charge is -2.14. The Morgan fingerprint density at radius 3 is 3.00 bits per heavy atom. The number of rotatable bonds is 3. The second-order valence-corrected chi connectivity index (χ2v) is 4.62. The van der Waals surface area contributed by atoms with Crippen LogP contribution in [-0.4, -0.2) is 38.0 Å². The first-order valence-corrected chi connectivity index (χ1v) is 6.11. The number of carbonyl (C=O) groups is 1. The molecule has 2 heterocycles. The van der Waals surface area contributed by atoms with Crippen LogP contribution in [0.25, 0.3) is 10.9 Å². The molecule has 0 fully saturated rings. The number of hydrogen-bond donors (Lipinski definition) is 3. The molecule has 7 nitrogen and oxygen atoms in total. The highest BCUT2D eigenvalue weighted by atomic mass is 16.2. The van der Waals surface area contributed by atoms with Gasteiger partial charge < -0.3 is 15.6 Å². The van der Waals surface area contributed by atoms with E-state index in [1.807, 2.05) is 12.1 Å². The van der Waals surface area contributed by atoms with Gasteiger partial charge in [-0.1, -0.05) is 0 Å². The molecule has 7 heteroatoms. The zero-order valence-electron chi connectivity index (χ0n) is 10.9. The van der Waals surface area contributed by atoms with E-state index in [2.05, 4.69) is 20.2 Å². The lowest BCUT2D eigenvalue weighted by Crippen LogP contribution is -2.27. The summed E-state index contributed by atoms with van der Waals surface area (Å²) in [5, 5.41) is 7.40. The number of anilines is 1. The first kappa shape index (κ1) is 12.2. The Hall–Kier alpha value is -2.83. The number of nitrogens with one attached hydrogen (secondary N) is 2. The molecule has 0 radical (unpaired) electrons. The van der Waals surface area contributed by atoms with Crippen LogP contribution in [-0.2, 0) is 6.54 Å². The van der Waals surface area contributed by atoms with Gasteiger partial charge in [-0.3, -0.25) is 9.89 Å². The predicted molar refractivity (Wildman–Crippen MR) is 74.9 cm³/mol. The molecule has 0 spiro atoms. The van der Waals surface area contributed by atoms with Crippen molar-refractivity contribution in [2.45, 2.75) is 6.54 Å². The Morgan fingerprint density at radius 2 is 2.25 bits per heavy atom. The fourth-order valence-electron chi connectivity index (χ4n) is 2.08. The molecular formula is C13H14N6O. The maximum absolute atomic E-state index is 12.3. The molecule has 0 saturated carbocycles. The number of hydrogen-bond acceptors (Lipinski definition) is 4. The third-order valence-electron chi connectivity index (χ3n) is 3.07. The van der Waals surface area contributed by atoms with Gasteiger partial charge in [0.25, 0.3) is 5.91 Å². The minimum atomic E-state index is -0.115. The van der Waals surface area contributed by atoms with Crippen molar-refractivity contribution in [3.63, 3.8) is 0 Å². The van der Waals surface area contributed by atoms with E-state index in [1.54, 1.807) is 24.1 Å². The summed E-state index contributed by atoms with van der Waals surface area (Å²) >= 11 is 0. The fourth-order valence-corrected chi connectivity index (χ4v) is 2.08. The molecule has 0 aliphatic heterocycles. The zero-order chi connectivity index (χ0) is 14.1. The summed E-state index contributed by atoms with van der Waals surface area (Å²) in [6.07, 6.45) is 1.42. The van der Waals surface area contributed by atoms with Crippen molar-refractivity contribution in [2.24, 2.45) is 0 Å². The van der Waals surface area contributed by atoms with Gasteiger partial charge in [0.1, 0.15) is 17.8 Å². The van der Waals surface area contributed by atoms with E-state index in [-0.39, 0.29) is 5.91 Å². The third kappa shape index (κ3) is 2.20. The molecule has 0 aliphatic carbocycles. The maximum Gasteiger partial charge on any atom is 0.270 e. The van der Waals surface area contributed by atoms with Gasteiger partial charge in [0.05, 0.1) is 6.54 Å². The summed E-state index contributed by atoms with van der Waals surface area (Å²) in [5.41, 5.74) is 7.81. The minimum Gasteiger partial charge on any atom is -0.399 e. The van der Waals surface area contributed by atoms with Gasteiger partial charge in [0.15, 0.2) is 0 Å². The number of aromatic nitrogens is 4. The van der Waals surface area contributed by atoms with Crippen LogP contribution in [0, 0.1) is 0 Å². The van der Waals surface area contributed by atoms with E-state index in [1.165, 1.54) is 6.33 Å². The number of benzene rings is 1. The largest absolute Gasteiger partial charge is 0.399 e. The fraction of sp³-hybridized carbons (Fsp3) is 0.154. The lowest BCUT2D eigenvalue weighted by molar-refractivity contribution is 0.0777. The molecule has 0 saturated heterocycles. The van der Waals surface area contributed by atoms with Gasteiger partial charge in [0.2, 0.25) is 0 Å². The topological polar surface area (TPSA) is 104 Å². The maximum atomic E-state index is 12.3. The highest BCUT2D eigenvalue weighted by Gasteiger charge is 2.15. The Kier molecular flexibility index (Phi) is 2.86. The predicted octanol–water partition coefficient (Wildman–Crippen LogP) is 1.14. The highest BCUT2D eigenvalue weighted by Crippen LogP contribution is 2.19. The van der Waals surface area contributed by atoms with Crippen molar-refractivity contribution < 1.29 is 4.79 Å². The number of H-pyrrole nitrogens is 2. The molecule has 102 valence electrons. The Balaban J connectivity index is 1.84. The standard InChI is InChI=1S/C13H14N6O/c1-19(6-12-15-7-16-18-12)13(20)11-5-8-4-9(14)2-3-10(8)17-11/h2-5,7,17H,6,14H2,1H3,(H,15,16,18). The van der Waals surface area contributed by atoms with Crippen LogP contribution in [0.5, 0.6) is 0 Å². The number of amides is 1. The van der Waals surface area contributed by atoms with Gasteiger partial charge in [-0.25, -0.2) is 4.98 Å². The molecule has 0 atom stereocenters. The lowest BCUT2D eigenvalue weighted by atomic mass is 10.2. The van der Waals surface area contributed by atoms with Crippen molar-refractivity contribution in [1.29, 1.82) is 0 Å². The quantitative estimate of drug-likeness (QED) is 0.621. The van der Waals surface area contributed by atoms with Crippen LogP contribution in [0.15, 0.2) is 30.6 Å². The van der Waals surface area contributed by atoms with E-state index >= 15 is 0 Å². The number of nitrogens with zero attached hydrogens (tertiary/aromatic N) is 3. The summed E-state index contributed by atoms with van der Waals surface area (Å²) in [4.78, 5) is 21.0. The Labute approximate surface area is 114 Å². The van der Waals surface area contributed by atoms with Crippen LogP contribution in [0.1, 0.15) is 16.3 Å². The molecule has 0 aliphatic rings. The Morgan fingerprint density at radius 1 is 1.40 bits per heavy atom. The van der Waals surface area contributed by atoms with Crippen LogP contribution in [0.2, 0.25) is 0 Å². The SMILES string of the molecule is CN(Cc1ncn[nH]1)C(=O)c1cc2cc(N)ccc2[nH]1. The second kappa shape index (κ2) is 4.69. The van der Waals surface area contributed by atoms with E-state index < -0.39 is 0 Å². The van der Waals surface area contributed by atoms with Crippen molar-refractivity contribution >= 4 is 22.5 Å². The molecule has 20 heavy (non-hydrogen) atoms. The average molecular weight is 270 g/mol. The molecule has 2 aromatic heterocycles. The second-order valence-electron chi connectivity index (χ2n) is 4.62. The van der Waals surface area contributed by atoms with Crippen LogP contribution in [0.3, 0.4) is 0 Å². The first-order valence-electron chi connectivity index (χ1n) is 6.11. The smallest absolute Gasteiger partial charge is 0.270 e. The number of aromatic amines is 2. The molecule has 0 unspecified atom stereocenters. The molecule has 4 N–H and O–H groups in total. The average Bonchev–Trinajstić information content (AvgIpc) is 3.06. The van der Waals surface area contributed by atoms with Crippen LogP contribution >= 0.6 is 0 Å². The van der Waals surface area contributed by atoms with Crippen molar-refractivity contribution in [3.05, 3.63) is 42.1 Å². The van der Waals surface area contributed by atoms with Gasteiger partial charge in [0, 0.05) is 23.6 Å². The molecule has 1 amide bonds. The van der Waals surface area contributed by atoms with E-state index in [4.69, 9.17) is 5.73 Å². The molecule has 1 aromatic carbocycles. The number of nitrogens with two attached hydrogens (primary N) is 1. The summed E-state index contributed by atoms with van der Waals surface area (Å²) in [7, 11) is 1.71. The van der Waals surface area contributed by atoms with Crippen LogP contribution in [0.4, 0.5) is 5.69 Å². The molecule has 3 aromatic rings. The highest BCUT2D eigenvalue weighted by molar-refractivity contribution is 5.98. The Bertz CT molecular complexity index is 745. The van der Waals surface area contributed by atoms with Crippen LogP contribution < -0.4 is 5.73 Å². The summed E-state index contributed by atoms with van der Waals surface area (Å²) in [5.74, 6) is 0.525. The minimum absolute atomic E-state index is 0.115. The zero-order valence-corrected chi connectivity index (χ0v) is 10.9. The van der Waals surface area contributed by atoms with E-state index in [0.29, 0.717) is 23.8 Å². The normalized spacial score (nSPS) is 10.8. The molecule has 3 rings (SSSR count). The monoisotopic (exact) mass is 270 g/mol. The van der Waals surface area contributed by atoms with Gasteiger partial charge >= 0.3 is 0 Å². The molecule has 0 bridgehead atoms. The number of carbonyl (C=O) groups excluding carboxylic acids is 1.